The van der Waals surface area contributed by atoms with E-state index in [4.69, 9.17) is 4.74 Å². The van der Waals surface area contributed by atoms with Crippen LogP contribution in [0.2, 0.25) is 0 Å². The number of hydrogen-bond donors (Lipinski definition) is 1. The van der Waals surface area contributed by atoms with Crippen LogP contribution < -0.4 is 10.1 Å². The number of rotatable bonds is 3. The predicted molar refractivity (Wildman–Crippen MR) is 60.2 cm³/mol. The number of piperidine rings is 1. The lowest BCUT2D eigenvalue weighted by Gasteiger charge is -2.07. The van der Waals surface area contributed by atoms with Gasteiger partial charge in [0, 0.05) is 12.1 Å². The smallest absolute Gasteiger partial charge is 0.253 e. The van der Waals surface area contributed by atoms with Gasteiger partial charge in [0.25, 0.3) is 5.88 Å². The summed E-state index contributed by atoms with van der Waals surface area (Å²) in [5.74, 6) is -0.356. The molecule has 1 aliphatic heterocycles. The van der Waals surface area contributed by atoms with Crippen LogP contribution in [0.15, 0.2) is 12.3 Å². The van der Waals surface area contributed by atoms with E-state index >= 15 is 0 Å². The van der Waals surface area contributed by atoms with Crippen LogP contribution in [0.4, 0.5) is 8.78 Å². The van der Waals surface area contributed by atoms with E-state index in [0.717, 1.165) is 19.2 Å². The van der Waals surface area contributed by atoms with Gasteiger partial charge in [0.2, 0.25) is 5.82 Å². The minimum atomic E-state index is -0.994. The zero-order valence-corrected chi connectivity index (χ0v) is 9.84. The predicted octanol–water partition coefficient (Wildman–Crippen LogP) is 1.63. The molecule has 0 unspecified atom stereocenters. The lowest BCUT2D eigenvalue weighted by atomic mass is 10.3. The van der Waals surface area contributed by atoms with Crippen molar-refractivity contribution in [3.63, 3.8) is 0 Å². The van der Waals surface area contributed by atoms with Gasteiger partial charge in [0.15, 0.2) is 5.82 Å². The van der Waals surface area contributed by atoms with E-state index in [2.05, 4.69) is 10.3 Å². The van der Waals surface area contributed by atoms with Gasteiger partial charge in [-0.2, -0.15) is 4.39 Å². The fraction of sp³-hybridized carbons (Fsp3) is 0.545. The Balaban J connectivity index is 0.00000108. The molecule has 1 N–H and O–H groups in total. The molecule has 1 saturated heterocycles. The number of nitrogens with one attached hydrogen (secondary N) is 1. The van der Waals surface area contributed by atoms with Crippen LogP contribution in [-0.2, 0) is 0 Å². The van der Waals surface area contributed by atoms with Gasteiger partial charge in [-0.25, -0.2) is 9.37 Å². The number of pyridine rings is 1. The fourth-order valence-corrected chi connectivity index (χ4v) is 2.47. The molecule has 0 radical (unpaired) electrons. The van der Waals surface area contributed by atoms with Crippen LogP contribution in [0, 0.1) is 29.4 Å². The van der Waals surface area contributed by atoms with Gasteiger partial charge in [-0.05, 0) is 31.0 Å². The zero-order valence-electron chi connectivity index (χ0n) is 9.03. The minimum absolute atomic E-state index is 0. The lowest BCUT2D eigenvalue weighted by Crippen LogP contribution is -2.18. The first-order valence-corrected chi connectivity index (χ1v) is 5.41. The van der Waals surface area contributed by atoms with Crippen LogP contribution in [0.3, 0.4) is 0 Å². The van der Waals surface area contributed by atoms with Crippen molar-refractivity contribution in [1.29, 1.82) is 0 Å². The Bertz CT molecular complexity index is 408. The molecule has 1 aromatic heterocycles. The summed E-state index contributed by atoms with van der Waals surface area (Å²) < 4.78 is 31.3. The number of nitrogens with zero attached hydrogens (tertiary/aromatic N) is 1. The van der Waals surface area contributed by atoms with E-state index in [9.17, 15) is 8.78 Å². The monoisotopic (exact) mass is 262 g/mol. The van der Waals surface area contributed by atoms with Gasteiger partial charge < -0.3 is 10.1 Å². The van der Waals surface area contributed by atoms with Gasteiger partial charge in [-0.15, -0.1) is 12.4 Å². The normalized spacial score (nSPS) is 29.4. The Labute approximate surface area is 104 Å². The number of ether oxygens (including phenoxy) is 1. The highest BCUT2D eigenvalue weighted by Gasteiger charge is 2.53. The number of aromatic nitrogens is 1. The zero-order chi connectivity index (χ0) is 11.1. The highest BCUT2D eigenvalue weighted by atomic mass is 35.5. The first-order chi connectivity index (χ1) is 7.77. The molecule has 3 rings (SSSR count). The highest BCUT2D eigenvalue weighted by Crippen LogP contribution is 2.48. The van der Waals surface area contributed by atoms with E-state index in [0.29, 0.717) is 24.4 Å². The topological polar surface area (TPSA) is 34.1 Å². The average Bonchev–Trinajstić information content (AvgIpc) is 2.73. The molecular formula is C11H13ClF2N2O. The molecular weight excluding hydrogens is 250 g/mol. The maximum atomic E-state index is 13.2. The van der Waals surface area contributed by atoms with E-state index in [1.165, 1.54) is 6.20 Å². The summed E-state index contributed by atoms with van der Waals surface area (Å²) in [6.45, 7) is 2.46. The third kappa shape index (κ3) is 2.21. The van der Waals surface area contributed by atoms with Crippen molar-refractivity contribution in [1.82, 2.24) is 10.3 Å². The van der Waals surface area contributed by atoms with Crippen LogP contribution >= 0.6 is 12.4 Å². The van der Waals surface area contributed by atoms with Gasteiger partial charge in [-0.3, -0.25) is 0 Å². The summed E-state index contributed by atoms with van der Waals surface area (Å²) in [5.41, 5.74) is 0. The summed E-state index contributed by atoms with van der Waals surface area (Å²) in [6, 6.07) is 0.984. The van der Waals surface area contributed by atoms with E-state index in [1.807, 2.05) is 0 Å². The molecule has 0 amide bonds. The van der Waals surface area contributed by atoms with Crippen molar-refractivity contribution in [3.8, 4) is 5.88 Å². The Morgan fingerprint density at radius 1 is 1.35 bits per heavy atom. The largest absolute Gasteiger partial charge is 0.475 e. The van der Waals surface area contributed by atoms with Gasteiger partial charge in [0.05, 0.1) is 6.61 Å². The molecule has 2 aliphatic rings. The number of halogens is 3. The second kappa shape index (κ2) is 4.74. The minimum Gasteiger partial charge on any atom is -0.475 e. The van der Waals surface area contributed by atoms with E-state index in [-0.39, 0.29) is 18.3 Å². The first-order valence-electron chi connectivity index (χ1n) is 5.41. The molecule has 94 valence electrons. The van der Waals surface area contributed by atoms with Crippen molar-refractivity contribution in [3.05, 3.63) is 23.9 Å². The second-order valence-electron chi connectivity index (χ2n) is 4.37. The molecule has 3 nitrogen and oxygen atoms in total. The highest BCUT2D eigenvalue weighted by molar-refractivity contribution is 5.85. The van der Waals surface area contributed by atoms with Crippen molar-refractivity contribution in [2.45, 2.75) is 0 Å². The SMILES string of the molecule is Cl.Fc1ccnc(OC[C@@H]2[C@@H]3CNC[C@@H]32)c1F. The maximum Gasteiger partial charge on any atom is 0.253 e. The molecule has 6 heteroatoms. The standard InChI is InChI=1S/C11H12F2N2O.ClH/c12-9-1-2-15-11(10(9)13)16-5-8-6-3-14-4-7(6)8;/h1-2,6-8,14H,3-5H2;1H/t6-,7+,8-;. The number of fused-ring (bicyclic) bond motifs is 1. The Hall–Kier alpha value is -0.940. The van der Waals surface area contributed by atoms with Crippen LogP contribution in [0.25, 0.3) is 0 Å². The van der Waals surface area contributed by atoms with E-state index < -0.39 is 11.6 Å². The molecule has 17 heavy (non-hydrogen) atoms. The number of hydrogen-bond acceptors (Lipinski definition) is 3. The van der Waals surface area contributed by atoms with Crippen molar-refractivity contribution < 1.29 is 13.5 Å². The lowest BCUT2D eigenvalue weighted by molar-refractivity contribution is 0.253. The van der Waals surface area contributed by atoms with Crippen molar-refractivity contribution in [2.24, 2.45) is 17.8 Å². The van der Waals surface area contributed by atoms with E-state index in [1.54, 1.807) is 0 Å². The quantitative estimate of drug-likeness (QED) is 0.899. The maximum absolute atomic E-state index is 13.2. The molecule has 0 aromatic carbocycles. The van der Waals surface area contributed by atoms with Crippen LogP contribution in [0.5, 0.6) is 5.88 Å². The molecule has 1 saturated carbocycles. The summed E-state index contributed by atoms with van der Waals surface area (Å²) in [4.78, 5) is 3.68. The summed E-state index contributed by atoms with van der Waals surface area (Å²) in [6.07, 6.45) is 1.21. The average molecular weight is 263 g/mol. The van der Waals surface area contributed by atoms with Crippen molar-refractivity contribution in [2.75, 3.05) is 19.7 Å². The molecule has 0 spiro atoms. The Morgan fingerprint density at radius 3 is 2.76 bits per heavy atom. The van der Waals surface area contributed by atoms with Crippen LogP contribution in [0.1, 0.15) is 0 Å². The molecule has 1 aromatic rings. The summed E-state index contributed by atoms with van der Waals surface area (Å²) in [5, 5.41) is 3.27. The van der Waals surface area contributed by atoms with Gasteiger partial charge >= 0.3 is 0 Å². The third-order valence-electron chi connectivity index (χ3n) is 3.49. The molecule has 0 bridgehead atoms. The second-order valence-corrected chi connectivity index (χ2v) is 4.37. The Morgan fingerprint density at radius 2 is 2.06 bits per heavy atom. The molecule has 3 atom stereocenters. The van der Waals surface area contributed by atoms with Crippen molar-refractivity contribution >= 4 is 12.4 Å². The molecule has 1 aliphatic carbocycles. The van der Waals surface area contributed by atoms with Gasteiger partial charge in [0.1, 0.15) is 0 Å². The third-order valence-corrected chi connectivity index (χ3v) is 3.49. The van der Waals surface area contributed by atoms with Crippen LogP contribution in [-0.4, -0.2) is 24.7 Å². The van der Waals surface area contributed by atoms with Gasteiger partial charge in [-0.1, -0.05) is 0 Å². The summed E-state index contributed by atoms with van der Waals surface area (Å²) in [7, 11) is 0. The Kier molecular flexibility index (Phi) is 3.49. The first kappa shape index (κ1) is 12.5. The molecule has 2 heterocycles. The fourth-order valence-electron chi connectivity index (χ4n) is 2.47. The summed E-state index contributed by atoms with van der Waals surface area (Å²) >= 11 is 0. The molecule has 2 fully saturated rings.